The van der Waals surface area contributed by atoms with Crippen molar-refractivity contribution >= 4 is 5.96 Å². The summed E-state index contributed by atoms with van der Waals surface area (Å²) in [7, 11) is 0. The molecule has 1 aromatic heterocycles. The van der Waals surface area contributed by atoms with Crippen LogP contribution in [0.1, 0.15) is 18.9 Å². The highest BCUT2D eigenvalue weighted by atomic mass is 16.5. The molecule has 0 spiro atoms. The quantitative estimate of drug-likeness (QED) is 0.418. The van der Waals surface area contributed by atoms with E-state index in [2.05, 4.69) is 51.7 Å². The van der Waals surface area contributed by atoms with Gasteiger partial charge in [-0.2, -0.15) is 0 Å². The van der Waals surface area contributed by atoms with Crippen molar-refractivity contribution in [2.24, 2.45) is 4.99 Å². The number of ether oxygens (including phenoxy) is 1. The highest BCUT2D eigenvalue weighted by molar-refractivity contribution is 5.79. The van der Waals surface area contributed by atoms with Crippen LogP contribution in [0.4, 0.5) is 0 Å². The van der Waals surface area contributed by atoms with E-state index in [-0.39, 0.29) is 0 Å². The lowest BCUT2D eigenvalue weighted by molar-refractivity contribution is 0.0376. The van der Waals surface area contributed by atoms with Gasteiger partial charge in [-0.3, -0.25) is 9.88 Å². The fraction of sp³-hybridized carbons (Fsp3) is 0.455. The number of hydrogen-bond donors (Lipinski definition) is 2. The van der Waals surface area contributed by atoms with E-state index in [1.54, 1.807) is 0 Å². The second kappa shape index (κ2) is 11.4. The molecule has 1 aliphatic heterocycles. The van der Waals surface area contributed by atoms with Crippen LogP contribution < -0.4 is 10.6 Å². The fourth-order valence-electron chi connectivity index (χ4n) is 3.21. The van der Waals surface area contributed by atoms with Crippen molar-refractivity contribution in [3.05, 3.63) is 54.2 Å². The molecule has 1 aromatic carbocycles. The van der Waals surface area contributed by atoms with Gasteiger partial charge in [0.25, 0.3) is 0 Å². The Labute approximate surface area is 168 Å². The first-order valence-electron chi connectivity index (χ1n) is 10.2. The lowest BCUT2D eigenvalue weighted by atomic mass is 10.1. The average molecular weight is 382 g/mol. The number of nitrogens with one attached hydrogen (secondary N) is 2. The van der Waals surface area contributed by atoms with Crippen molar-refractivity contribution < 1.29 is 4.74 Å². The Hall–Kier alpha value is -2.44. The van der Waals surface area contributed by atoms with E-state index in [1.807, 2.05) is 24.4 Å². The number of nitrogens with zero attached hydrogens (tertiary/aromatic N) is 3. The maximum absolute atomic E-state index is 5.40. The Balaban J connectivity index is 1.51. The molecule has 0 atom stereocenters. The Morgan fingerprint density at radius 1 is 1.14 bits per heavy atom. The van der Waals surface area contributed by atoms with Gasteiger partial charge in [0.05, 0.1) is 25.5 Å². The molecule has 150 valence electrons. The number of aliphatic imine (C=N–C) groups is 1. The van der Waals surface area contributed by atoms with Gasteiger partial charge in [0.1, 0.15) is 0 Å². The fourth-order valence-corrected chi connectivity index (χ4v) is 3.21. The number of benzene rings is 1. The molecule has 0 aliphatic carbocycles. The minimum atomic E-state index is 0.638. The third-order valence-corrected chi connectivity index (χ3v) is 4.70. The summed E-state index contributed by atoms with van der Waals surface area (Å²) in [6, 6.07) is 14.4. The number of aromatic nitrogens is 1. The normalized spacial score (nSPS) is 15.4. The van der Waals surface area contributed by atoms with E-state index in [1.165, 1.54) is 5.56 Å². The summed E-state index contributed by atoms with van der Waals surface area (Å²) < 4.78 is 5.40. The van der Waals surface area contributed by atoms with Crippen LogP contribution in [0.2, 0.25) is 0 Å². The van der Waals surface area contributed by atoms with Gasteiger partial charge in [-0.15, -0.1) is 0 Å². The summed E-state index contributed by atoms with van der Waals surface area (Å²) in [5, 5.41) is 6.78. The summed E-state index contributed by atoms with van der Waals surface area (Å²) in [5.41, 5.74) is 3.28. The molecular weight excluding hydrogens is 350 g/mol. The zero-order valence-corrected chi connectivity index (χ0v) is 16.7. The van der Waals surface area contributed by atoms with Crippen LogP contribution in [0.3, 0.4) is 0 Å². The highest BCUT2D eigenvalue weighted by Gasteiger charge is 2.09. The van der Waals surface area contributed by atoms with Gasteiger partial charge in [-0.05, 0) is 43.7 Å². The predicted molar refractivity (Wildman–Crippen MR) is 114 cm³/mol. The SMILES string of the molecule is CCNC(=NCc1cccc(-c2ccccn2)c1)NCCCN1CCOCC1. The van der Waals surface area contributed by atoms with Gasteiger partial charge in [-0.25, -0.2) is 4.99 Å². The van der Waals surface area contributed by atoms with Crippen molar-refractivity contribution in [1.82, 2.24) is 20.5 Å². The molecule has 1 saturated heterocycles. The molecule has 0 saturated carbocycles. The van der Waals surface area contributed by atoms with Crippen LogP contribution in [-0.2, 0) is 11.3 Å². The molecule has 2 heterocycles. The van der Waals surface area contributed by atoms with Crippen molar-refractivity contribution in [2.75, 3.05) is 45.9 Å². The first-order valence-corrected chi connectivity index (χ1v) is 10.2. The van der Waals surface area contributed by atoms with Crippen molar-refractivity contribution in [3.63, 3.8) is 0 Å². The standard InChI is InChI=1S/C22H31N5O/c1-2-23-22(25-11-6-12-27-13-15-28-16-14-27)26-18-19-7-5-8-20(17-19)21-9-3-4-10-24-21/h3-5,7-10,17H,2,6,11-16,18H2,1H3,(H2,23,25,26). The molecule has 0 unspecified atom stereocenters. The van der Waals surface area contributed by atoms with Crippen LogP contribution in [-0.4, -0.2) is 61.8 Å². The number of rotatable bonds is 8. The molecule has 2 N–H and O–H groups in total. The molecule has 2 aromatic rings. The maximum Gasteiger partial charge on any atom is 0.191 e. The molecule has 0 amide bonds. The highest BCUT2D eigenvalue weighted by Crippen LogP contribution is 2.18. The Morgan fingerprint density at radius 3 is 2.82 bits per heavy atom. The largest absolute Gasteiger partial charge is 0.379 e. The summed E-state index contributed by atoms with van der Waals surface area (Å²) in [6.07, 6.45) is 2.92. The Kier molecular flexibility index (Phi) is 8.27. The first kappa shape index (κ1) is 20.3. The topological polar surface area (TPSA) is 61.8 Å². The van der Waals surface area contributed by atoms with E-state index in [9.17, 15) is 0 Å². The van der Waals surface area contributed by atoms with Crippen molar-refractivity contribution in [3.8, 4) is 11.3 Å². The summed E-state index contributed by atoms with van der Waals surface area (Å²) in [6.45, 7) is 9.39. The van der Waals surface area contributed by atoms with Crippen LogP contribution in [0.5, 0.6) is 0 Å². The monoisotopic (exact) mass is 381 g/mol. The molecule has 0 radical (unpaired) electrons. The van der Waals surface area contributed by atoms with Crippen LogP contribution in [0.15, 0.2) is 53.7 Å². The molecule has 6 heteroatoms. The Morgan fingerprint density at radius 2 is 2.04 bits per heavy atom. The van der Waals surface area contributed by atoms with Gasteiger partial charge < -0.3 is 15.4 Å². The van der Waals surface area contributed by atoms with E-state index >= 15 is 0 Å². The van der Waals surface area contributed by atoms with Gasteiger partial charge in [0, 0.05) is 37.9 Å². The van der Waals surface area contributed by atoms with Gasteiger partial charge in [0.15, 0.2) is 5.96 Å². The van der Waals surface area contributed by atoms with E-state index in [4.69, 9.17) is 9.73 Å². The van der Waals surface area contributed by atoms with Gasteiger partial charge >= 0.3 is 0 Å². The molecule has 0 bridgehead atoms. The van der Waals surface area contributed by atoms with E-state index in [0.717, 1.165) is 69.6 Å². The zero-order valence-electron chi connectivity index (χ0n) is 16.7. The summed E-state index contributed by atoms with van der Waals surface area (Å²) >= 11 is 0. The molecule has 6 nitrogen and oxygen atoms in total. The molecule has 3 rings (SSSR count). The van der Waals surface area contributed by atoms with Crippen LogP contribution >= 0.6 is 0 Å². The predicted octanol–water partition coefficient (Wildman–Crippen LogP) is 2.53. The van der Waals surface area contributed by atoms with E-state index < -0.39 is 0 Å². The zero-order chi connectivity index (χ0) is 19.4. The minimum absolute atomic E-state index is 0.638. The number of hydrogen-bond acceptors (Lipinski definition) is 4. The van der Waals surface area contributed by atoms with Crippen molar-refractivity contribution in [2.45, 2.75) is 19.9 Å². The number of pyridine rings is 1. The van der Waals surface area contributed by atoms with Crippen molar-refractivity contribution in [1.29, 1.82) is 0 Å². The first-order chi connectivity index (χ1) is 13.8. The lowest BCUT2D eigenvalue weighted by Gasteiger charge is -2.26. The third kappa shape index (κ3) is 6.62. The molecule has 1 fully saturated rings. The maximum atomic E-state index is 5.40. The number of guanidine groups is 1. The average Bonchev–Trinajstić information content (AvgIpc) is 2.76. The lowest BCUT2D eigenvalue weighted by Crippen LogP contribution is -2.40. The molecular formula is C22H31N5O. The smallest absolute Gasteiger partial charge is 0.191 e. The van der Waals surface area contributed by atoms with Crippen LogP contribution in [0.25, 0.3) is 11.3 Å². The van der Waals surface area contributed by atoms with Gasteiger partial charge in [-0.1, -0.05) is 24.3 Å². The second-order valence-corrected chi connectivity index (χ2v) is 6.84. The van der Waals surface area contributed by atoms with E-state index in [0.29, 0.717) is 6.54 Å². The minimum Gasteiger partial charge on any atom is -0.379 e. The van der Waals surface area contributed by atoms with Crippen LogP contribution in [0, 0.1) is 0 Å². The van der Waals surface area contributed by atoms with Gasteiger partial charge in [0.2, 0.25) is 0 Å². The molecule has 1 aliphatic rings. The third-order valence-electron chi connectivity index (χ3n) is 4.70. The molecule has 28 heavy (non-hydrogen) atoms. The second-order valence-electron chi connectivity index (χ2n) is 6.84. The number of morpholine rings is 1. The summed E-state index contributed by atoms with van der Waals surface area (Å²) in [5.74, 6) is 0.868. The summed E-state index contributed by atoms with van der Waals surface area (Å²) in [4.78, 5) is 11.6. The Bertz CT molecular complexity index is 729.